The summed E-state index contributed by atoms with van der Waals surface area (Å²) in [6.07, 6.45) is 4.32. The highest BCUT2D eigenvalue weighted by Crippen LogP contribution is 2.49. The summed E-state index contributed by atoms with van der Waals surface area (Å²) in [5, 5.41) is 0. The van der Waals surface area contributed by atoms with E-state index in [1.165, 1.54) is 7.11 Å². The maximum atomic E-state index is 11.5. The molecule has 0 amide bonds. The number of esters is 1. The lowest BCUT2D eigenvalue weighted by Crippen LogP contribution is -2.44. The van der Waals surface area contributed by atoms with Gasteiger partial charge in [-0.2, -0.15) is 0 Å². The summed E-state index contributed by atoms with van der Waals surface area (Å²) < 4.78 is 20.4. The predicted molar refractivity (Wildman–Crippen MR) is 73.6 cm³/mol. The van der Waals surface area contributed by atoms with Crippen LogP contribution in [0, 0.1) is 0 Å². The van der Waals surface area contributed by atoms with Crippen LogP contribution in [0.1, 0.15) is 32.1 Å². The molecule has 1 saturated carbocycles. The van der Waals surface area contributed by atoms with E-state index in [-0.39, 0.29) is 30.1 Å². The minimum Gasteiger partial charge on any atom is -0.469 e. The van der Waals surface area contributed by atoms with E-state index in [9.17, 15) is 4.79 Å². The molecule has 2 fully saturated rings. The maximum absolute atomic E-state index is 11.5. The Labute approximate surface area is 112 Å². The number of methoxy groups -OCH3 is 1. The number of halogens is 1. The van der Waals surface area contributed by atoms with Gasteiger partial charge in [0.15, 0.2) is 5.79 Å². The van der Waals surface area contributed by atoms with Gasteiger partial charge in [0.05, 0.1) is 26.7 Å². The van der Waals surface area contributed by atoms with Gasteiger partial charge in [-0.25, -0.2) is 0 Å². The van der Waals surface area contributed by atoms with Crippen molar-refractivity contribution in [1.29, 1.82) is 0 Å². The Morgan fingerprint density at radius 2 is 2.12 bits per heavy atom. The Bertz CT molecular complexity index is 312. The number of ether oxygens (including phenoxy) is 3. The van der Waals surface area contributed by atoms with Gasteiger partial charge in [-0.1, -0.05) is 4.51 Å². The Kier molecular flexibility index (Phi) is 4.20. The first-order valence-corrected chi connectivity index (χ1v) is 8.48. The number of alkyl halides is 1. The smallest absolute Gasteiger partial charge is 0.306 e. The van der Waals surface area contributed by atoms with Crippen LogP contribution >= 0.6 is 20.7 Å². The molecule has 0 aromatic rings. The van der Waals surface area contributed by atoms with E-state index >= 15 is 0 Å². The van der Waals surface area contributed by atoms with Gasteiger partial charge in [-0.05, 0) is 12.8 Å². The summed E-state index contributed by atoms with van der Waals surface area (Å²) in [5.41, 5.74) is 0. The summed E-state index contributed by atoms with van der Waals surface area (Å²) in [6, 6.07) is 0. The Morgan fingerprint density at radius 1 is 1.41 bits per heavy atom. The molecule has 1 aliphatic heterocycles. The zero-order valence-corrected chi connectivity index (χ0v) is 12.3. The van der Waals surface area contributed by atoms with Crippen LogP contribution in [-0.4, -0.2) is 40.0 Å². The molecule has 0 aromatic heterocycles. The zero-order valence-electron chi connectivity index (χ0n) is 10.2. The molecule has 0 aromatic carbocycles. The highest BCUT2D eigenvalue weighted by molar-refractivity contribution is 14.2. The largest absolute Gasteiger partial charge is 0.469 e. The molecule has 1 spiro atoms. The van der Waals surface area contributed by atoms with Crippen LogP contribution in [0.25, 0.3) is 0 Å². The molecule has 5 heteroatoms. The number of hydrogen-bond acceptors (Lipinski definition) is 4. The van der Waals surface area contributed by atoms with E-state index in [4.69, 9.17) is 14.2 Å². The molecule has 4 nitrogen and oxygen atoms in total. The van der Waals surface area contributed by atoms with Crippen LogP contribution < -0.4 is 0 Å². The minimum atomic E-state index is -0.427. The first-order valence-electron chi connectivity index (χ1n) is 5.88. The third-order valence-electron chi connectivity index (χ3n) is 3.55. The van der Waals surface area contributed by atoms with E-state index in [1.807, 2.05) is 0 Å². The SMILES string of the molecule is C=I[C@@]1(CC(=O)OC)CCCC2(C1)OCCO2. The third-order valence-corrected chi connectivity index (χ3v) is 6.47. The van der Waals surface area contributed by atoms with Gasteiger partial charge < -0.3 is 14.2 Å². The highest BCUT2D eigenvalue weighted by atomic mass is 127. The van der Waals surface area contributed by atoms with Crippen molar-refractivity contribution in [3.63, 3.8) is 0 Å². The molecule has 2 rings (SSSR count). The molecular formula is C12H19IO4. The average Bonchev–Trinajstić information content (AvgIpc) is 2.77. The third kappa shape index (κ3) is 2.88. The summed E-state index contributed by atoms with van der Waals surface area (Å²) in [5.74, 6) is -0.563. The van der Waals surface area contributed by atoms with Crippen molar-refractivity contribution in [2.75, 3.05) is 20.3 Å². The highest BCUT2D eigenvalue weighted by Gasteiger charge is 2.48. The topological polar surface area (TPSA) is 44.8 Å². The summed E-state index contributed by atoms with van der Waals surface area (Å²) in [7, 11) is 1.44. The fourth-order valence-corrected chi connectivity index (χ4v) is 4.92. The molecule has 1 aliphatic carbocycles. The van der Waals surface area contributed by atoms with E-state index < -0.39 is 5.79 Å². The van der Waals surface area contributed by atoms with Crippen LogP contribution in [0.2, 0.25) is 0 Å². The predicted octanol–water partition coefficient (Wildman–Crippen LogP) is 2.01. The molecule has 1 atom stereocenters. The summed E-state index contributed by atoms with van der Waals surface area (Å²) >= 11 is -0.295. The molecule has 0 unspecified atom stereocenters. The van der Waals surface area contributed by atoms with Crippen molar-refractivity contribution < 1.29 is 19.0 Å². The van der Waals surface area contributed by atoms with Gasteiger partial charge in [-0.3, -0.25) is 4.79 Å². The second-order valence-corrected chi connectivity index (χ2v) is 7.73. The number of carbonyl (C=O) groups is 1. The van der Waals surface area contributed by atoms with E-state index in [0.717, 1.165) is 25.7 Å². The average molecular weight is 354 g/mol. The fourth-order valence-electron chi connectivity index (χ4n) is 2.72. The van der Waals surface area contributed by atoms with Crippen molar-refractivity contribution in [1.82, 2.24) is 0 Å². The normalized spacial score (nSPS) is 31.6. The Balaban J connectivity index is 2.11. The van der Waals surface area contributed by atoms with Crippen molar-refractivity contribution in [3.05, 3.63) is 0 Å². The first kappa shape index (κ1) is 13.4. The van der Waals surface area contributed by atoms with Gasteiger partial charge >= 0.3 is 5.97 Å². The molecule has 98 valence electrons. The van der Waals surface area contributed by atoms with E-state index in [0.29, 0.717) is 19.6 Å². The second-order valence-electron chi connectivity index (χ2n) is 4.68. The molecule has 17 heavy (non-hydrogen) atoms. The molecule has 0 bridgehead atoms. The lowest BCUT2D eigenvalue weighted by Gasteiger charge is -2.42. The van der Waals surface area contributed by atoms with Crippen LogP contribution in [0.15, 0.2) is 0 Å². The van der Waals surface area contributed by atoms with Gasteiger partial charge in [0.25, 0.3) is 0 Å². The lowest BCUT2D eigenvalue weighted by molar-refractivity contribution is -0.182. The fraction of sp³-hybridized carbons (Fsp3) is 0.833. The number of rotatable bonds is 3. The standard InChI is InChI=1S/C12H19IO4/c1-13-11(8-10(14)15-2)4-3-5-12(9-11)16-6-7-17-12/h1,3-9H2,2H3/t11-/m1/s1. The summed E-state index contributed by atoms with van der Waals surface area (Å²) in [6.45, 7) is 1.34. The quantitative estimate of drug-likeness (QED) is 0.442. The van der Waals surface area contributed by atoms with Crippen molar-refractivity contribution in [2.45, 2.75) is 41.3 Å². The summed E-state index contributed by atoms with van der Waals surface area (Å²) in [4.78, 5) is 11.5. The van der Waals surface area contributed by atoms with Gasteiger partial charge in [0, 0.05) is 16.3 Å². The van der Waals surface area contributed by atoms with Crippen molar-refractivity contribution in [2.24, 2.45) is 0 Å². The monoisotopic (exact) mass is 354 g/mol. The molecule has 0 radical (unpaired) electrons. The van der Waals surface area contributed by atoms with Crippen molar-refractivity contribution >= 4 is 31.2 Å². The van der Waals surface area contributed by atoms with E-state index in [1.54, 1.807) is 0 Å². The molecule has 1 saturated heterocycles. The Hall–Kier alpha value is -0.0100. The van der Waals surface area contributed by atoms with Crippen LogP contribution in [0.3, 0.4) is 0 Å². The van der Waals surface area contributed by atoms with Gasteiger partial charge in [0.1, 0.15) is 0 Å². The van der Waals surface area contributed by atoms with Crippen LogP contribution in [0.4, 0.5) is 0 Å². The zero-order chi connectivity index (χ0) is 12.4. The number of carbonyl (C=O) groups excluding carboxylic acids is 1. The molecular weight excluding hydrogens is 335 g/mol. The molecule has 0 N–H and O–H groups in total. The molecule has 2 aliphatic rings. The van der Waals surface area contributed by atoms with Crippen LogP contribution in [-0.2, 0) is 19.0 Å². The van der Waals surface area contributed by atoms with Gasteiger partial charge in [0.2, 0.25) is 0 Å². The first-order chi connectivity index (χ1) is 8.14. The lowest BCUT2D eigenvalue weighted by atomic mass is 9.82. The minimum absolute atomic E-state index is 0.00539. The molecule has 1 heterocycles. The van der Waals surface area contributed by atoms with Gasteiger partial charge in [-0.15, -0.1) is 20.7 Å². The van der Waals surface area contributed by atoms with Crippen molar-refractivity contribution in [3.8, 4) is 0 Å². The number of hydrogen-bond donors (Lipinski definition) is 0. The van der Waals surface area contributed by atoms with E-state index in [2.05, 4.69) is 4.51 Å². The Morgan fingerprint density at radius 3 is 2.71 bits per heavy atom. The maximum Gasteiger partial charge on any atom is 0.306 e. The van der Waals surface area contributed by atoms with Crippen LogP contribution in [0.5, 0.6) is 0 Å². The second kappa shape index (κ2) is 5.32.